The van der Waals surface area contributed by atoms with Crippen LogP contribution >= 0.6 is 0 Å². The second-order valence-electron chi connectivity index (χ2n) is 15.5. The Hall–Kier alpha value is -4.01. The predicted molar refractivity (Wildman–Crippen MR) is 197 cm³/mol. The highest BCUT2D eigenvalue weighted by molar-refractivity contribution is 7.85. The molecule has 7 nitrogen and oxygen atoms in total. The lowest BCUT2D eigenvalue weighted by Gasteiger charge is -2.43. The summed E-state index contributed by atoms with van der Waals surface area (Å²) < 4.78 is 34.9. The minimum Gasteiger partial charge on any atom is -0.365 e. The Labute approximate surface area is 285 Å². The van der Waals surface area contributed by atoms with Crippen molar-refractivity contribution in [2.75, 3.05) is 38.3 Å². The summed E-state index contributed by atoms with van der Waals surface area (Å²) in [5.41, 5.74) is 11.0. The molecule has 0 saturated carbocycles. The smallest absolute Gasteiger partial charge is 0.266 e. The summed E-state index contributed by atoms with van der Waals surface area (Å²) in [5.74, 6) is -0.836. The van der Waals surface area contributed by atoms with Crippen LogP contribution in [-0.4, -0.2) is 68.3 Å². The van der Waals surface area contributed by atoms with Gasteiger partial charge in [-0.25, -0.2) is 4.58 Å². The predicted octanol–water partition coefficient (Wildman–Crippen LogP) is 5.48. The number of benzene rings is 3. The summed E-state index contributed by atoms with van der Waals surface area (Å²) in [4.78, 5) is 17.8. The van der Waals surface area contributed by atoms with Crippen LogP contribution in [0.4, 0.5) is 5.69 Å². The van der Waals surface area contributed by atoms with E-state index < -0.39 is 15.9 Å². The zero-order valence-electron chi connectivity index (χ0n) is 30.1. The van der Waals surface area contributed by atoms with E-state index in [4.69, 9.17) is 0 Å². The van der Waals surface area contributed by atoms with Crippen LogP contribution in [0.1, 0.15) is 99.1 Å². The van der Waals surface area contributed by atoms with Crippen LogP contribution in [0.2, 0.25) is 0 Å². The molecular formula is C40H48N3O4S+. The van der Waals surface area contributed by atoms with Gasteiger partial charge in [-0.2, -0.15) is 8.42 Å². The van der Waals surface area contributed by atoms with Gasteiger partial charge in [0, 0.05) is 68.3 Å². The molecule has 0 unspecified atom stereocenters. The molecule has 6 rings (SSSR count). The van der Waals surface area contributed by atoms with E-state index in [1.54, 1.807) is 7.05 Å². The number of carbonyl (C=O) groups excluding carboxylic acids is 1. The Bertz CT molecular complexity index is 2220. The van der Waals surface area contributed by atoms with Gasteiger partial charge in [0.2, 0.25) is 5.36 Å². The average Bonchev–Trinajstić information content (AvgIpc) is 3.00. The Morgan fingerprint density at radius 1 is 0.875 bits per heavy atom. The van der Waals surface area contributed by atoms with Gasteiger partial charge in [-0.1, -0.05) is 38.1 Å². The number of nitrogens with zero attached hydrogens (tertiary/aromatic N) is 3. The Morgan fingerprint density at radius 2 is 1.52 bits per heavy atom. The summed E-state index contributed by atoms with van der Waals surface area (Å²) >= 11 is 0. The van der Waals surface area contributed by atoms with E-state index in [2.05, 4.69) is 115 Å². The molecular weight excluding hydrogens is 619 g/mol. The second kappa shape index (κ2) is 11.0. The van der Waals surface area contributed by atoms with Crippen molar-refractivity contribution < 1.29 is 17.8 Å². The first kappa shape index (κ1) is 33.9. The fraction of sp³-hybridized carbons (Fsp3) is 0.400. The summed E-state index contributed by atoms with van der Waals surface area (Å²) in [6, 6.07) is 16.9. The highest BCUT2D eigenvalue weighted by Crippen LogP contribution is 2.47. The number of rotatable bonds is 5. The molecule has 3 aromatic carbocycles. The zero-order chi connectivity index (χ0) is 35.3. The van der Waals surface area contributed by atoms with E-state index in [1.165, 1.54) is 38.2 Å². The van der Waals surface area contributed by atoms with E-state index >= 15 is 0 Å². The average molecular weight is 667 g/mol. The van der Waals surface area contributed by atoms with Crippen molar-refractivity contribution in [1.29, 1.82) is 0 Å². The molecule has 0 saturated heterocycles. The molecule has 1 N–H and O–H groups in total. The monoisotopic (exact) mass is 666 g/mol. The first-order chi connectivity index (χ1) is 22.2. The van der Waals surface area contributed by atoms with Crippen LogP contribution in [0.15, 0.2) is 60.7 Å². The molecule has 8 heteroatoms. The lowest BCUT2D eigenvalue weighted by Crippen LogP contribution is -2.48. The van der Waals surface area contributed by atoms with Crippen molar-refractivity contribution in [3.8, 4) is 0 Å². The molecule has 0 bridgehead atoms. The molecule has 1 aliphatic carbocycles. The van der Waals surface area contributed by atoms with E-state index in [0.717, 1.165) is 33.0 Å². The SMILES string of the molecule is CC1=CC(C)(C)N(C)c2cc3c(cc21)C(c1ccccc1C(=O)N(C)CCS(=O)(=O)O)=c1cc2c(cc1C3(C)C)=[N+](C)C(C)(C)C=C2C. The molecule has 48 heavy (non-hydrogen) atoms. The number of likely N-dealkylation sites (N-methyl/N-ethyl adjacent to an activating group) is 2. The van der Waals surface area contributed by atoms with Crippen LogP contribution in [0.3, 0.4) is 0 Å². The number of hydrogen-bond donors (Lipinski definition) is 1. The van der Waals surface area contributed by atoms with Gasteiger partial charge in [0.25, 0.3) is 16.0 Å². The molecule has 252 valence electrons. The van der Waals surface area contributed by atoms with Crippen LogP contribution in [0.5, 0.6) is 0 Å². The molecule has 0 radical (unpaired) electrons. The van der Waals surface area contributed by atoms with E-state index in [-0.39, 0.29) is 28.9 Å². The lowest BCUT2D eigenvalue weighted by atomic mass is 9.67. The Balaban J connectivity index is 1.74. The van der Waals surface area contributed by atoms with Crippen LogP contribution in [0.25, 0.3) is 16.7 Å². The fourth-order valence-corrected chi connectivity index (χ4v) is 8.37. The topological polar surface area (TPSA) is 80.9 Å². The second-order valence-corrected chi connectivity index (χ2v) is 17.0. The minimum absolute atomic E-state index is 0.124. The molecule has 0 atom stereocenters. The van der Waals surface area contributed by atoms with Gasteiger partial charge in [0.1, 0.15) is 7.05 Å². The largest absolute Gasteiger partial charge is 0.365 e. The number of amides is 1. The summed E-state index contributed by atoms with van der Waals surface area (Å²) in [5, 5.41) is 2.26. The number of carbonyl (C=O) groups is 1. The molecule has 3 aliphatic rings. The van der Waals surface area contributed by atoms with Gasteiger partial charge >= 0.3 is 0 Å². The van der Waals surface area contributed by atoms with Crippen molar-refractivity contribution >= 4 is 38.4 Å². The normalized spacial score (nSPS) is 18.6. The highest BCUT2D eigenvalue weighted by atomic mass is 32.2. The molecule has 1 amide bonds. The van der Waals surface area contributed by atoms with E-state index in [1.807, 2.05) is 24.3 Å². The summed E-state index contributed by atoms with van der Waals surface area (Å²) in [6.07, 6.45) is 4.63. The van der Waals surface area contributed by atoms with Crippen molar-refractivity contribution in [2.24, 2.45) is 0 Å². The Morgan fingerprint density at radius 3 is 2.19 bits per heavy atom. The molecule has 0 spiro atoms. The first-order valence-corrected chi connectivity index (χ1v) is 18.2. The molecule has 2 aliphatic heterocycles. The fourth-order valence-electron chi connectivity index (χ4n) is 7.87. The summed E-state index contributed by atoms with van der Waals surface area (Å²) in [6.45, 7) is 17.8. The van der Waals surface area contributed by atoms with Gasteiger partial charge in [-0.05, 0) is 102 Å². The van der Waals surface area contributed by atoms with Gasteiger partial charge in [-0.15, -0.1) is 0 Å². The van der Waals surface area contributed by atoms with Crippen LogP contribution in [-0.2, 0) is 15.5 Å². The van der Waals surface area contributed by atoms with Gasteiger partial charge < -0.3 is 9.80 Å². The number of hydrogen-bond acceptors (Lipinski definition) is 4. The van der Waals surface area contributed by atoms with Crippen LogP contribution < -0.4 is 20.1 Å². The van der Waals surface area contributed by atoms with Crippen LogP contribution in [0, 0.1) is 0 Å². The Kier molecular flexibility index (Phi) is 7.77. The van der Waals surface area contributed by atoms with Crippen molar-refractivity contribution in [3.63, 3.8) is 0 Å². The van der Waals surface area contributed by atoms with Gasteiger partial charge in [0.05, 0.1) is 11.3 Å². The third-order valence-corrected chi connectivity index (χ3v) is 11.8. The standard InChI is InChI=1S/C40H47N3O4S/c1-24-22-38(3,4)42(10)34-20-32-30(18-28(24)34)36(26-14-12-13-15-27(26)37(44)41(9)16-17-48(45,46)47)31-19-29-25(2)23-39(5,6)43(11)35(29)21-33(31)40(32,7)8/h12-15,18-23H,16-17H2,1-11H3/p+1. The van der Waals surface area contributed by atoms with E-state index in [9.17, 15) is 17.8 Å². The van der Waals surface area contributed by atoms with Crippen molar-refractivity contribution in [1.82, 2.24) is 9.48 Å². The van der Waals surface area contributed by atoms with Crippen molar-refractivity contribution in [2.45, 2.75) is 71.9 Å². The third kappa shape index (κ3) is 5.34. The van der Waals surface area contributed by atoms with Gasteiger partial charge in [-0.3, -0.25) is 9.35 Å². The molecule has 0 fully saturated rings. The number of allylic oxidation sites excluding steroid dienone is 2. The van der Waals surface area contributed by atoms with E-state index in [0.29, 0.717) is 5.56 Å². The maximum atomic E-state index is 14.1. The minimum atomic E-state index is -4.23. The molecule has 0 aromatic heterocycles. The summed E-state index contributed by atoms with van der Waals surface area (Å²) in [7, 11) is 1.65. The van der Waals surface area contributed by atoms with Crippen molar-refractivity contribution in [3.05, 3.63) is 110 Å². The molecule has 2 heterocycles. The number of fused-ring (bicyclic) bond motifs is 4. The lowest BCUT2D eigenvalue weighted by molar-refractivity contribution is 0.0803. The number of anilines is 1. The highest BCUT2D eigenvalue weighted by Gasteiger charge is 2.40. The zero-order valence-corrected chi connectivity index (χ0v) is 30.9. The first-order valence-electron chi connectivity index (χ1n) is 16.6. The quantitative estimate of drug-likeness (QED) is 0.288. The third-order valence-electron chi connectivity index (χ3n) is 11.1. The maximum Gasteiger partial charge on any atom is 0.266 e. The molecule has 3 aromatic rings. The maximum absolute atomic E-state index is 14.1. The van der Waals surface area contributed by atoms with Gasteiger partial charge in [0.15, 0.2) is 5.54 Å².